The van der Waals surface area contributed by atoms with Gasteiger partial charge >= 0.3 is 6.18 Å². The standard InChI is InChI=1S/C19H19ClF3N3O3S2/c20-15-6-5-14(10-16(15)31(28,29)26-8-2-1-3-9-26)25-17(27)12-30-18-7-4-13(11-24-18)19(21,22)23/h4-7,10-11H,1-3,8-9,12H2,(H,25,27). The van der Waals surface area contributed by atoms with Crippen molar-refractivity contribution in [3.63, 3.8) is 0 Å². The van der Waals surface area contributed by atoms with Crippen LogP contribution < -0.4 is 5.32 Å². The van der Waals surface area contributed by atoms with Gasteiger partial charge in [-0.15, -0.1) is 0 Å². The summed E-state index contributed by atoms with van der Waals surface area (Å²) in [6, 6.07) is 6.27. The predicted molar refractivity (Wildman–Crippen MR) is 113 cm³/mol. The van der Waals surface area contributed by atoms with Crippen LogP contribution in [0.25, 0.3) is 0 Å². The van der Waals surface area contributed by atoms with E-state index in [1.54, 1.807) is 0 Å². The monoisotopic (exact) mass is 493 g/mol. The normalized spacial score (nSPS) is 15.6. The maximum absolute atomic E-state index is 12.9. The van der Waals surface area contributed by atoms with Gasteiger partial charge in [-0.05, 0) is 43.2 Å². The van der Waals surface area contributed by atoms with Crippen LogP contribution in [0.2, 0.25) is 5.02 Å². The minimum Gasteiger partial charge on any atom is -0.325 e. The molecule has 2 heterocycles. The van der Waals surface area contributed by atoms with Crippen LogP contribution in [-0.2, 0) is 21.0 Å². The molecule has 1 aromatic carbocycles. The smallest absolute Gasteiger partial charge is 0.325 e. The number of carbonyl (C=O) groups excluding carboxylic acids is 1. The number of pyridine rings is 1. The van der Waals surface area contributed by atoms with E-state index in [0.717, 1.165) is 37.1 Å². The Morgan fingerprint density at radius 1 is 1.16 bits per heavy atom. The fraction of sp³-hybridized carbons (Fsp3) is 0.368. The molecule has 0 saturated carbocycles. The summed E-state index contributed by atoms with van der Waals surface area (Å²) in [5.74, 6) is -0.579. The fourth-order valence-electron chi connectivity index (χ4n) is 2.99. The Balaban J connectivity index is 1.64. The number of nitrogens with zero attached hydrogens (tertiary/aromatic N) is 2. The molecule has 2 aromatic rings. The van der Waals surface area contributed by atoms with Crippen LogP contribution in [0.4, 0.5) is 18.9 Å². The molecule has 1 fully saturated rings. The highest BCUT2D eigenvalue weighted by atomic mass is 35.5. The summed E-state index contributed by atoms with van der Waals surface area (Å²) in [6.45, 7) is 0.845. The van der Waals surface area contributed by atoms with Crippen molar-refractivity contribution in [2.24, 2.45) is 0 Å². The molecule has 1 aliphatic rings. The summed E-state index contributed by atoms with van der Waals surface area (Å²) in [6.07, 6.45) is -1.24. The van der Waals surface area contributed by atoms with Gasteiger partial charge in [0.15, 0.2) is 0 Å². The van der Waals surface area contributed by atoms with Gasteiger partial charge in [0.2, 0.25) is 15.9 Å². The fourth-order valence-corrected chi connectivity index (χ4v) is 5.65. The third-order valence-corrected chi connectivity index (χ3v) is 7.89. The average Bonchev–Trinajstić information content (AvgIpc) is 2.74. The molecule has 1 aromatic heterocycles. The van der Waals surface area contributed by atoms with Crippen molar-refractivity contribution in [3.8, 4) is 0 Å². The lowest BCUT2D eigenvalue weighted by molar-refractivity contribution is -0.137. The van der Waals surface area contributed by atoms with Gasteiger partial charge in [-0.25, -0.2) is 13.4 Å². The second kappa shape index (κ2) is 9.76. The Hall–Kier alpha value is -1.82. The van der Waals surface area contributed by atoms with Gasteiger partial charge in [-0.3, -0.25) is 4.79 Å². The number of thioether (sulfide) groups is 1. The molecule has 1 N–H and O–H groups in total. The molecule has 0 bridgehead atoms. The molecule has 6 nitrogen and oxygen atoms in total. The summed E-state index contributed by atoms with van der Waals surface area (Å²) >= 11 is 7.07. The first-order valence-corrected chi connectivity index (χ1v) is 12.1. The Bertz CT molecular complexity index is 1040. The maximum atomic E-state index is 12.9. The summed E-state index contributed by atoms with van der Waals surface area (Å²) in [7, 11) is -3.78. The number of carbonyl (C=O) groups is 1. The number of hydrogen-bond acceptors (Lipinski definition) is 5. The predicted octanol–water partition coefficient (Wildman–Crippen LogP) is 4.66. The number of benzene rings is 1. The van der Waals surface area contributed by atoms with Crippen molar-refractivity contribution in [2.45, 2.75) is 35.4 Å². The molecule has 0 spiro atoms. The van der Waals surface area contributed by atoms with E-state index < -0.39 is 27.7 Å². The van der Waals surface area contributed by atoms with Crippen molar-refractivity contribution >= 4 is 45.0 Å². The number of piperidine rings is 1. The van der Waals surface area contributed by atoms with Crippen molar-refractivity contribution < 1.29 is 26.4 Å². The van der Waals surface area contributed by atoms with Crippen molar-refractivity contribution in [1.29, 1.82) is 0 Å². The lowest BCUT2D eigenvalue weighted by atomic mass is 10.2. The minimum atomic E-state index is -4.48. The summed E-state index contributed by atoms with van der Waals surface area (Å²) in [5.41, 5.74) is -0.615. The Morgan fingerprint density at radius 2 is 1.87 bits per heavy atom. The average molecular weight is 494 g/mol. The molecule has 0 atom stereocenters. The summed E-state index contributed by atoms with van der Waals surface area (Å²) in [5, 5.41) is 2.90. The first kappa shape index (κ1) is 23.8. The van der Waals surface area contributed by atoms with Gasteiger partial charge in [-0.1, -0.05) is 29.8 Å². The highest BCUT2D eigenvalue weighted by Crippen LogP contribution is 2.31. The van der Waals surface area contributed by atoms with E-state index in [9.17, 15) is 26.4 Å². The van der Waals surface area contributed by atoms with Crippen molar-refractivity contribution in [2.75, 3.05) is 24.2 Å². The molecule has 0 radical (unpaired) electrons. The maximum Gasteiger partial charge on any atom is 0.417 e. The Kier molecular flexibility index (Phi) is 7.51. The molecule has 1 saturated heterocycles. The number of aromatic nitrogens is 1. The van der Waals surface area contributed by atoms with Gasteiger partial charge in [0.05, 0.1) is 21.4 Å². The molecule has 0 unspecified atom stereocenters. The third-order valence-electron chi connectivity index (χ3n) is 4.56. The van der Waals surface area contributed by atoms with Crippen LogP contribution in [0, 0.1) is 0 Å². The van der Waals surface area contributed by atoms with E-state index in [0.29, 0.717) is 19.3 Å². The number of alkyl halides is 3. The summed E-state index contributed by atoms with van der Waals surface area (Å²) < 4.78 is 64.9. The third kappa shape index (κ3) is 6.12. The molecular formula is C19H19ClF3N3O3S2. The molecular weight excluding hydrogens is 475 g/mol. The Morgan fingerprint density at radius 3 is 2.48 bits per heavy atom. The zero-order valence-corrected chi connectivity index (χ0v) is 18.5. The number of hydrogen-bond donors (Lipinski definition) is 1. The highest BCUT2D eigenvalue weighted by molar-refractivity contribution is 7.99. The number of amides is 1. The number of sulfonamides is 1. The second-order valence-electron chi connectivity index (χ2n) is 6.83. The van der Waals surface area contributed by atoms with Gasteiger partial charge in [0.25, 0.3) is 0 Å². The number of rotatable bonds is 6. The van der Waals surface area contributed by atoms with E-state index in [1.807, 2.05) is 0 Å². The molecule has 0 aliphatic carbocycles. The van der Waals surface area contributed by atoms with Crippen LogP contribution in [0.1, 0.15) is 24.8 Å². The van der Waals surface area contributed by atoms with Gasteiger partial charge in [-0.2, -0.15) is 17.5 Å². The van der Waals surface area contributed by atoms with E-state index in [-0.39, 0.29) is 26.4 Å². The first-order chi connectivity index (χ1) is 14.6. The minimum absolute atomic E-state index is 0.0619. The first-order valence-electron chi connectivity index (χ1n) is 9.33. The van der Waals surface area contributed by atoms with E-state index in [1.165, 1.54) is 28.6 Å². The lowest BCUT2D eigenvalue weighted by Crippen LogP contribution is -2.35. The molecule has 168 valence electrons. The van der Waals surface area contributed by atoms with E-state index in [4.69, 9.17) is 11.6 Å². The van der Waals surface area contributed by atoms with Crippen molar-refractivity contribution in [1.82, 2.24) is 9.29 Å². The van der Waals surface area contributed by atoms with Crippen LogP contribution in [0.15, 0.2) is 46.5 Å². The summed E-state index contributed by atoms with van der Waals surface area (Å²) in [4.78, 5) is 15.8. The van der Waals surface area contributed by atoms with Crippen LogP contribution in [-0.4, -0.2) is 42.5 Å². The highest BCUT2D eigenvalue weighted by Gasteiger charge is 2.31. The Labute approximate surface area is 187 Å². The number of anilines is 1. The molecule has 31 heavy (non-hydrogen) atoms. The van der Waals surface area contributed by atoms with Crippen molar-refractivity contribution in [3.05, 3.63) is 47.1 Å². The molecule has 3 rings (SSSR count). The van der Waals surface area contributed by atoms with Gasteiger partial charge in [0.1, 0.15) is 4.90 Å². The van der Waals surface area contributed by atoms with E-state index in [2.05, 4.69) is 10.3 Å². The number of halogens is 4. The topological polar surface area (TPSA) is 79.4 Å². The van der Waals surface area contributed by atoms with Gasteiger partial charge < -0.3 is 5.32 Å². The van der Waals surface area contributed by atoms with E-state index >= 15 is 0 Å². The number of nitrogens with one attached hydrogen (secondary N) is 1. The van der Waals surface area contributed by atoms with Crippen LogP contribution in [0.5, 0.6) is 0 Å². The van der Waals surface area contributed by atoms with Crippen LogP contribution >= 0.6 is 23.4 Å². The quantitative estimate of drug-likeness (QED) is 0.592. The zero-order valence-electron chi connectivity index (χ0n) is 16.2. The zero-order chi connectivity index (χ0) is 22.6. The van der Waals surface area contributed by atoms with Crippen LogP contribution in [0.3, 0.4) is 0 Å². The molecule has 12 heteroatoms. The largest absolute Gasteiger partial charge is 0.417 e. The SMILES string of the molecule is O=C(CSc1ccc(C(F)(F)F)cn1)Nc1ccc(Cl)c(S(=O)(=O)N2CCCCC2)c1. The lowest BCUT2D eigenvalue weighted by Gasteiger charge is -2.26. The second-order valence-corrected chi connectivity index (χ2v) is 10.1. The molecule has 1 aliphatic heterocycles. The molecule has 1 amide bonds. The van der Waals surface area contributed by atoms with Gasteiger partial charge in [0, 0.05) is 25.0 Å².